The average Bonchev–Trinajstić information content (AvgIpc) is 2.48. The highest BCUT2D eigenvalue weighted by Crippen LogP contribution is 2.24. The van der Waals surface area contributed by atoms with Crippen molar-refractivity contribution in [1.82, 2.24) is 5.32 Å². The molecule has 0 aromatic heterocycles. The number of benzene rings is 2. The molecule has 2 aromatic rings. The SMILES string of the molecule is CNC(Cc1ccc(C(C)C)cc1)c1ccc(Br)c(F)c1. The van der Waals surface area contributed by atoms with Crippen LogP contribution in [0.2, 0.25) is 0 Å². The highest BCUT2D eigenvalue weighted by atomic mass is 79.9. The van der Waals surface area contributed by atoms with Crippen LogP contribution < -0.4 is 5.32 Å². The molecule has 0 bridgehead atoms. The fourth-order valence-corrected chi connectivity index (χ4v) is 2.64. The molecule has 21 heavy (non-hydrogen) atoms. The van der Waals surface area contributed by atoms with Crippen molar-refractivity contribution < 1.29 is 4.39 Å². The highest BCUT2D eigenvalue weighted by Gasteiger charge is 2.12. The largest absolute Gasteiger partial charge is 0.313 e. The van der Waals surface area contributed by atoms with Crippen LogP contribution in [0.5, 0.6) is 0 Å². The Morgan fingerprint density at radius 2 is 1.67 bits per heavy atom. The van der Waals surface area contributed by atoms with E-state index in [1.165, 1.54) is 11.1 Å². The smallest absolute Gasteiger partial charge is 0.137 e. The minimum atomic E-state index is -0.220. The third kappa shape index (κ3) is 4.14. The maximum absolute atomic E-state index is 13.7. The third-order valence-corrected chi connectivity index (χ3v) is 4.42. The number of hydrogen-bond donors (Lipinski definition) is 1. The Balaban J connectivity index is 2.16. The summed E-state index contributed by atoms with van der Waals surface area (Å²) in [6.07, 6.45) is 0.843. The number of hydrogen-bond acceptors (Lipinski definition) is 1. The van der Waals surface area contributed by atoms with Crippen LogP contribution >= 0.6 is 15.9 Å². The molecular formula is C18H21BrFN. The first-order valence-corrected chi connectivity index (χ1v) is 8.01. The van der Waals surface area contributed by atoms with Crippen molar-refractivity contribution in [1.29, 1.82) is 0 Å². The Hall–Kier alpha value is -1.19. The van der Waals surface area contributed by atoms with E-state index in [1.807, 2.05) is 13.1 Å². The van der Waals surface area contributed by atoms with E-state index >= 15 is 0 Å². The summed E-state index contributed by atoms with van der Waals surface area (Å²) in [6, 6.07) is 14.1. The van der Waals surface area contributed by atoms with Gasteiger partial charge in [0, 0.05) is 6.04 Å². The van der Waals surface area contributed by atoms with Gasteiger partial charge in [-0.05, 0) is 64.1 Å². The van der Waals surface area contributed by atoms with Crippen LogP contribution in [0.4, 0.5) is 4.39 Å². The van der Waals surface area contributed by atoms with Gasteiger partial charge in [-0.2, -0.15) is 0 Å². The summed E-state index contributed by atoms with van der Waals surface area (Å²) < 4.78 is 14.2. The maximum Gasteiger partial charge on any atom is 0.137 e. The van der Waals surface area contributed by atoms with E-state index in [0.717, 1.165) is 12.0 Å². The Labute approximate surface area is 134 Å². The van der Waals surface area contributed by atoms with Crippen molar-refractivity contribution in [2.45, 2.75) is 32.2 Å². The van der Waals surface area contributed by atoms with Gasteiger partial charge >= 0.3 is 0 Å². The number of nitrogens with one attached hydrogen (secondary N) is 1. The number of halogens is 2. The van der Waals surface area contributed by atoms with Gasteiger partial charge in [-0.15, -0.1) is 0 Å². The van der Waals surface area contributed by atoms with E-state index in [0.29, 0.717) is 10.4 Å². The van der Waals surface area contributed by atoms with Crippen LogP contribution in [-0.2, 0) is 6.42 Å². The van der Waals surface area contributed by atoms with Crippen molar-refractivity contribution in [3.63, 3.8) is 0 Å². The van der Waals surface area contributed by atoms with Gasteiger partial charge in [0.05, 0.1) is 4.47 Å². The molecule has 0 saturated carbocycles. The first kappa shape index (κ1) is 16.2. The zero-order valence-corrected chi connectivity index (χ0v) is 14.2. The molecular weight excluding hydrogens is 329 g/mol. The van der Waals surface area contributed by atoms with Gasteiger partial charge in [-0.25, -0.2) is 4.39 Å². The van der Waals surface area contributed by atoms with E-state index in [9.17, 15) is 4.39 Å². The minimum Gasteiger partial charge on any atom is -0.313 e. The lowest BCUT2D eigenvalue weighted by molar-refractivity contribution is 0.575. The topological polar surface area (TPSA) is 12.0 Å². The van der Waals surface area contributed by atoms with Gasteiger partial charge < -0.3 is 5.32 Å². The predicted molar refractivity (Wildman–Crippen MR) is 90.1 cm³/mol. The lowest BCUT2D eigenvalue weighted by Crippen LogP contribution is -2.19. The summed E-state index contributed by atoms with van der Waals surface area (Å²) in [5.74, 6) is 0.322. The molecule has 0 radical (unpaired) electrons. The van der Waals surface area contributed by atoms with Crippen molar-refractivity contribution >= 4 is 15.9 Å². The molecule has 2 aromatic carbocycles. The van der Waals surface area contributed by atoms with Gasteiger partial charge in [0.15, 0.2) is 0 Å². The fraction of sp³-hybridized carbons (Fsp3) is 0.333. The van der Waals surface area contributed by atoms with Crippen molar-refractivity contribution in [3.05, 3.63) is 69.4 Å². The van der Waals surface area contributed by atoms with Gasteiger partial charge in [-0.1, -0.05) is 44.2 Å². The first-order valence-electron chi connectivity index (χ1n) is 7.22. The van der Waals surface area contributed by atoms with E-state index in [4.69, 9.17) is 0 Å². The molecule has 0 spiro atoms. The second-order valence-corrected chi connectivity index (χ2v) is 6.47. The molecule has 1 unspecified atom stereocenters. The molecule has 1 atom stereocenters. The van der Waals surface area contributed by atoms with Crippen LogP contribution in [0.3, 0.4) is 0 Å². The van der Waals surface area contributed by atoms with Crippen molar-refractivity contribution in [3.8, 4) is 0 Å². The van der Waals surface area contributed by atoms with Gasteiger partial charge in [0.25, 0.3) is 0 Å². The van der Waals surface area contributed by atoms with Crippen LogP contribution in [-0.4, -0.2) is 7.05 Å². The third-order valence-electron chi connectivity index (χ3n) is 3.78. The zero-order valence-electron chi connectivity index (χ0n) is 12.7. The monoisotopic (exact) mass is 349 g/mol. The molecule has 112 valence electrons. The van der Waals surface area contributed by atoms with E-state index < -0.39 is 0 Å². The second kappa shape index (κ2) is 7.19. The molecule has 1 nitrogen and oxygen atoms in total. The quantitative estimate of drug-likeness (QED) is 0.780. The van der Waals surface area contributed by atoms with Crippen LogP contribution in [0.1, 0.15) is 42.5 Å². The summed E-state index contributed by atoms with van der Waals surface area (Å²) in [7, 11) is 1.91. The molecule has 0 aliphatic heterocycles. The fourth-order valence-electron chi connectivity index (χ4n) is 2.39. The van der Waals surface area contributed by atoms with E-state index in [-0.39, 0.29) is 11.9 Å². The summed E-state index contributed by atoms with van der Waals surface area (Å²) >= 11 is 3.19. The van der Waals surface area contributed by atoms with Gasteiger partial charge in [-0.3, -0.25) is 0 Å². The number of rotatable bonds is 5. The lowest BCUT2D eigenvalue weighted by atomic mass is 9.96. The average molecular weight is 350 g/mol. The zero-order chi connectivity index (χ0) is 15.4. The van der Waals surface area contributed by atoms with Crippen LogP contribution in [0, 0.1) is 5.82 Å². The summed E-state index contributed by atoms with van der Waals surface area (Å²) in [5.41, 5.74) is 3.56. The normalized spacial score (nSPS) is 12.7. The Morgan fingerprint density at radius 1 is 1.05 bits per heavy atom. The van der Waals surface area contributed by atoms with Crippen LogP contribution in [0.15, 0.2) is 46.9 Å². The van der Waals surface area contributed by atoms with E-state index in [2.05, 4.69) is 59.4 Å². The lowest BCUT2D eigenvalue weighted by Gasteiger charge is -2.18. The minimum absolute atomic E-state index is 0.109. The molecule has 0 heterocycles. The summed E-state index contributed by atoms with van der Waals surface area (Å²) in [4.78, 5) is 0. The molecule has 2 rings (SSSR count). The summed E-state index contributed by atoms with van der Waals surface area (Å²) in [5, 5.41) is 3.27. The standard InChI is InChI=1S/C18H21BrFN/c1-12(2)14-6-4-13(5-7-14)10-18(21-3)15-8-9-16(19)17(20)11-15/h4-9,11-12,18,21H,10H2,1-3H3. The second-order valence-electron chi connectivity index (χ2n) is 5.62. The van der Waals surface area contributed by atoms with Gasteiger partial charge in [0.2, 0.25) is 0 Å². The van der Waals surface area contributed by atoms with Crippen molar-refractivity contribution in [2.24, 2.45) is 0 Å². The van der Waals surface area contributed by atoms with Crippen LogP contribution in [0.25, 0.3) is 0 Å². The Kier molecular flexibility index (Phi) is 5.54. The van der Waals surface area contributed by atoms with Gasteiger partial charge in [0.1, 0.15) is 5.82 Å². The molecule has 3 heteroatoms. The Bertz CT molecular complexity index is 593. The molecule has 0 amide bonds. The maximum atomic E-state index is 13.7. The molecule has 0 aliphatic rings. The van der Waals surface area contributed by atoms with Crippen molar-refractivity contribution in [2.75, 3.05) is 7.05 Å². The predicted octanol–water partition coefficient (Wildman–Crippen LogP) is 5.21. The molecule has 1 N–H and O–H groups in total. The highest BCUT2D eigenvalue weighted by molar-refractivity contribution is 9.10. The Morgan fingerprint density at radius 3 is 2.19 bits per heavy atom. The molecule has 0 saturated heterocycles. The molecule has 0 aliphatic carbocycles. The number of likely N-dealkylation sites (N-methyl/N-ethyl adjacent to an activating group) is 1. The molecule has 0 fully saturated rings. The summed E-state index contributed by atoms with van der Waals surface area (Å²) in [6.45, 7) is 4.38. The first-order chi connectivity index (χ1) is 10.0. The van der Waals surface area contributed by atoms with E-state index in [1.54, 1.807) is 12.1 Å².